The highest BCUT2D eigenvalue weighted by Gasteiger charge is 2.19. The zero-order valence-electron chi connectivity index (χ0n) is 24.4. The number of thiazole rings is 1. The van der Waals surface area contributed by atoms with E-state index in [1.165, 1.54) is 6.42 Å². The van der Waals surface area contributed by atoms with E-state index in [1.807, 2.05) is 54.7 Å². The van der Waals surface area contributed by atoms with Gasteiger partial charge in [-0.05, 0) is 60.0 Å². The minimum Gasteiger partial charge on any atom is -0.484 e. The zero-order chi connectivity index (χ0) is 31.3. The van der Waals surface area contributed by atoms with E-state index < -0.39 is 31.1 Å². The molecule has 2 aromatic heterocycles. The van der Waals surface area contributed by atoms with Crippen LogP contribution in [0.3, 0.4) is 0 Å². The summed E-state index contributed by atoms with van der Waals surface area (Å²) in [6, 6.07) is 17.5. The minimum absolute atomic E-state index is 0.103. The van der Waals surface area contributed by atoms with Crippen LogP contribution in [0.25, 0.3) is 38.5 Å². The molecule has 0 spiro atoms. The molecule has 0 bridgehead atoms. The molecule has 0 saturated heterocycles. The predicted molar refractivity (Wildman–Crippen MR) is 171 cm³/mol. The van der Waals surface area contributed by atoms with Crippen LogP contribution in [0.2, 0.25) is 0 Å². The minimum atomic E-state index is -1.39. The van der Waals surface area contributed by atoms with Crippen LogP contribution in [0.5, 0.6) is 5.75 Å². The molecule has 0 aliphatic rings. The largest absolute Gasteiger partial charge is 0.484 e. The number of amides is 2. The standard InChI is InChI=1S/C33H36N4O6S/c1-2-3-4-5-18-35-28(39)17-10-22-8-11-24(12-9-22)31-30(37-32(44-31)26-7-6-19-34-26)23-13-15-25(16-14-23)43-21-29(40)36-27(20-38)33(41)42/h6-17,19,27,34,38H,2-5,18,20-21H2,1H3,(H,35,39)(H,36,40)(H,41,42)/b17-10+. The first-order chi connectivity index (χ1) is 21.4. The molecule has 0 aliphatic carbocycles. The Morgan fingerprint density at radius 2 is 1.77 bits per heavy atom. The fraction of sp³-hybridized carbons (Fsp3) is 0.273. The summed E-state index contributed by atoms with van der Waals surface area (Å²) in [5.74, 6) is -1.67. The molecule has 2 heterocycles. The number of aromatic amines is 1. The maximum Gasteiger partial charge on any atom is 0.328 e. The Morgan fingerprint density at radius 1 is 1.02 bits per heavy atom. The van der Waals surface area contributed by atoms with Crippen LogP contribution in [-0.4, -0.2) is 63.8 Å². The Bertz CT molecular complexity index is 1550. The number of ether oxygens (including phenoxy) is 1. The normalized spacial score (nSPS) is 11.8. The number of nitrogens with zero attached hydrogens (tertiary/aromatic N) is 1. The first kappa shape index (κ1) is 32.2. The topological polar surface area (TPSA) is 154 Å². The Labute approximate surface area is 259 Å². The van der Waals surface area contributed by atoms with Gasteiger partial charge < -0.3 is 30.6 Å². The van der Waals surface area contributed by atoms with E-state index in [2.05, 4.69) is 22.5 Å². The number of hydrogen-bond donors (Lipinski definition) is 5. The van der Waals surface area contributed by atoms with Gasteiger partial charge in [0.1, 0.15) is 16.8 Å². The molecule has 44 heavy (non-hydrogen) atoms. The van der Waals surface area contributed by atoms with Gasteiger partial charge in [-0.2, -0.15) is 0 Å². The molecule has 11 heteroatoms. The van der Waals surface area contributed by atoms with Crippen molar-refractivity contribution in [3.05, 3.63) is 78.5 Å². The molecular weight excluding hydrogens is 580 g/mol. The molecule has 2 aromatic carbocycles. The van der Waals surface area contributed by atoms with Gasteiger partial charge in [0.05, 0.1) is 22.9 Å². The van der Waals surface area contributed by atoms with Crippen molar-refractivity contribution in [3.63, 3.8) is 0 Å². The van der Waals surface area contributed by atoms with Crippen molar-refractivity contribution in [1.82, 2.24) is 20.6 Å². The number of unbranched alkanes of at least 4 members (excludes halogenated alkanes) is 3. The third-order valence-electron chi connectivity index (χ3n) is 6.70. The molecule has 2 amide bonds. The molecule has 0 aliphatic heterocycles. The van der Waals surface area contributed by atoms with Crippen LogP contribution in [0.15, 0.2) is 72.9 Å². The summed E-state index contributed by atoms with van der Waals surface area (Å²) in [7, 11) is 0. The highest BCUT2D eigenvalue weighted by atomic mass is 32.1. The van der Waals surface area contributed by atoms with Crippen LogP contribution in [0, 0.1) is 0 Å². The SMILES string of the molecule is CCCCCCNC(=O)/C=C/c1ccc(-c2sc(-c3ccc[nH]3)nc2-c2ccc(OCC(=O)NC(CO)C(=O)O)cc2)cc1. The van der Waals surface area contributed by atoms with E-state index >= 15 is 0 Å². The molecule has 1 atom stereocenters. The quantitative estimate of drug-likeness (QED) is 0.0865. The monoisotopic (exact) mass is 616 g/mol. The summed E-state index contributed by atoms with van der Waals surface area (Å²) in [6.45, 7) is 1.72. The lowest BCUT2D eigenvalue weighted by atomic mass is 10.0. The Balaban J connectivity index is 1.46. The van der Waals surface area contributed by atoms with Gasteiger partial charge in [-0.15, -0.1) is 11.3 Å². The van der Waals surface area contributed by atoms with Crippen molar-refractivity contribution in [1.29, 1.82) is 0 Å². The summed E-state index contributed by atoms with van der Waals surface area (Å²) in [5.41, 5.74) is 4.40. The predicted octanol–water partition coefficient (Wildman–Crippen LogP) is 5.12. The molecule has 1 unspecified atom stereocenters. The molecule has 0 saturated carbocycles. The van der Waals surface area contributed by atoms with E-state index in [9.17, 15) is 14.4 Å². The molecule has 5 N–H and O–H groups in total. The van der Waals surface area contributed by atoms with E-state index in [0.29, 0.717) is 12.3 Å². The zero-order valence-corrected chi connectivity index (χ0v) is 25.2. The van der Waals surface area contributed by atoms with E-state index in [1.54, 1.807) is 35.6 Å². The van der Waals surface area contributed by atoms with Gasteiger partial charge in [0.15, 0.2) is 6.61 Å². The Morgan fingerprint density at radius 3 is 2.43 bits per heavy atom. The summed E-state index contributed by atoms with van der Waals surface area (Å²) in [4.78, 5) is 44.3. The lowest BCUT2D eigenvalue weighted by Gasteiger charge is -2.12. The number of carbonyl (C=O) groups is 3. The number of aliphatic hydroxyl groups is 1. The van der Waals surface area contributed by atoms with Gasteiger partial charge in [-0.1, -0.05) is 50.5 Å². The number of H-pyrrole nitrogens is 1. The van der Waals surface area contributed by atoms with Gasteiger partial charge in [-0.25, -0.2) is 9.78 Å². The van der Waals surface area contributed by atoms with Gasteiger partial charge in [0.25, 0.3) is 5.91 Å². The average Bonchev–Trinajstić information content (AvgIpc) is 3.73. The summed E-state index contributed by atoms with van der Waals surface area (Å²) >= 11 is 1.56. The van der Waals surface area contributed by atoms with Crippen molar-refractivity contribution >= 4 is 35.2 Å². The van der Waals surface area contributed by atoms with Gasteiger partial charge in [-0.3, -0.25) is 9.59 Å². The number of benzene rings is 2. The number of carboxylic acids is 1. The van der Waals surface area contributed by atoms with Crippen molar-refractivity contribution in [3.8, 4) is 38.1 Å². The van der Waals surface area contributed by atoms with Gasteiger partial charge in [0.2, 0.25) is 5.91 Å². The maximum absolute atomic E-state index is 12.2. The maximum atomic E-state index is 12.2. The van der Waals surface area contributed by atoms with Crippen molar-refractivity contribution in [2.75, 3.05) is 19.8 Å². The summed E-state index contributed by atoms with van der Waals surface area (Å²) in [5, 5.41) is 24.0. The van der Waals surface area contributed by atoms with Crippen LogP contribution in [0.4, 0.5) is 0 Å². The van der Waals surface area contributed by atoms with Crippen molar-refractivity contribution in [2.24, 2.45) is 0 Å². The fourth-order valence-corrected chi connectivity index (χ4v) is 5.39. The highest BCUT2D eigenvalue weighted by molar-refractivity contribution is 7.18. The van der Waals surface area contributed by atoms with Crippen LogP contribution in [0.1, 0.15) is 38.2 Å². The second-order valence-corrected chi connectivity index (χ2v) is 11.0. The third-order valence-corrected chi connectivity index (χ3v) is 7.84. The third kappa shape index (κ3) is 9.13. The Hall–Kier alpha value is -4.74. The second kappa shape index (κ2) is 16.2. The number of carboxylic acid groups (broad SMARTS) is 1. The summed E-state index contributed by atoms with van der Waals surface area (Å²) < 4.78 is 5.51. The van der Waals surface area contributed by atoms with Crippen molar-refractivity contribution in [2.45, 2.75) is 38.6 Å². The molecule has 10 nitrogen and oxygen atoms in total. The smallest absolute Gasteiger partial charge is 0.328 e. The molecule has 4 aromatic rings. The second-order valence-electron chi connectivity index (χ2n) is 10.0. The van der Waals surface area contributed by atoms with E-state index in [0.717, 1.165) is 57.2 Å². The molecular formula is C33H36N4O6S. The number of carbonyl (C=O) groups excluding carboxylic acids is 2. The molecule has 0 fully saturated rings. The Kier molecular flexibility index (Phi) is 11.8. The van der Waals surface area contributed by atoms with Gasteiger partial charge in [0, 0.05) is 24.4 Å². The first-order valence-electron chi connectivity index (χ1n) is 14.4. The number of aliphatic hydroxyl groups excluding tert-OH is 1. The highest BCUT2D eigenvalue weighted by Crippen LogP contribution is 2.40. The molecule has 4 rings (SSSR count). The van der Waals surface area contributed by atoms with E-state index in [-0.39, 0.29) is 5.91 Å². The number of nitrogens with one attached hydrogen (secondary N) is 3. The molecule has 230 valence electrons. The van der Waals surface area contributed by atoms with Crippen LogP contribution < -0.4 is 15.4 Å². The summed E-state index contributed by atoms with van der Waals surface area (Å²) in [6.07, 6.45) is 9.64. The van der Waals surface area contributed by atoms with Gasteiger partial charge >= 0.3 is 5.97 Å². The van der Waals surface area contributed by atoms with Crippen molar-refractivity contribution < 1.29 is 29.3 Å². The number of rotatable bonds is 16. The fourth-order valence-electron chi connectivity index (χ4n) is 4.31. The van der Waals surface area contributed by atoms with E-state index in [4.69, 9.17) is 19.9 Å². The number of aliphatic carboxylic acids is 1. The van der Waals surface area contributed by atoms with Crippen LogP contribution >= 0.6 is 11.3 Å². The lowest BCUT2D eigenvalue weighted by molar-refractivity contribution is -0.143. The first-order valence-corrected chi connectivity index (χ1v) is 15.3. The lowest BCUT2D eigenvalue weighted by Crippen LogP contribution is -2.45. The number of aromatic nitrogens is 2. The van der Waals surface area contributed by atoms with Crippen LogP contribution in [-0.2, 0) is 14.4 Å². The molecule has 0 radical (unpaired) electrons. The number of hydrogen-bond acceptors (Lipinski definition) is 7. The average molecular weight is 617 g/mol.